The molecule has 15 heteroatoms. The van der Waals surface area contributed by atoms with Gasteiger partial charge < -0.3 is 68.2 Å². The third kappa shape index (κ3) is 7.05. The molecule has 238 valence electrons. The smallest absolute Gasteiger partial charge is 0.338 e. The first-order valence-corrected chi connectivity index (χ1v) is 13.2. The monoisotopic (exact) mass is 612 g/mol. The zero-order valence-corrected chi connectivity index (χ0v) is 23.9. The zero-order chi connectivity index (χ0) is 31.3. The maximum absolute atomic E-state index is 12.6. The van der Waals surface area contributed by atoms with Crippen LogP contribution in [0.4, 0.5) is 0 Å². The van der Waals surface area contributed by atoms with Crippen LogP contribution in [0, 0.1) is 0 Å². The first-order chi connectivity index (χ1) is 20.5. The Bertz CT molecular complexity index is 1240. The fraction of sp³-hybridized carbons (Fsp3) is 0.536. The van der Waals surface area contributed by atoms with Crippen LogP contribution < -0.4 is 23.7 Å². The Morgan fingerprint density at radius 3 is 2.19 bits per heavy atom. The van der Waals surface area contributed by atoms with E-state index in [2.05, 4.69) is 0 Å². The molecular weight excluding hydrogens is 576 g/mol. The minimum absolute atomic E-state index is 0.121. The molecular formula is C28H36O15. The van der Waals surface area contributed by atoms with Crippen LogP contribution in [-0.2, 0) is 18.9 Å². The van der Waals surface area contributed by atoms with E-state index in [1.165, 1.54) is 52.7 Å². The second kappa shape index (κ2) is 13.9. The van der Waals surface area contributed by atoms with Gasteiger partial charge in [0.2, 0.25) is 6.29 Å². The van der Waals surface area contributed by atoms with Gasteiger partial charge in [0.05, 0.1) is 47.2 Å². The van der Waals surface area contributed by atoms with Gasteiger partial charge in [-0.1, -0.05) is 0 Å². The molecule has 0 aliphatic carbocycles. The number of aliphatic hydroxyl groups excluding tert-OH is 4. The lowest BCUT2D eigenvalue weighted by Crippen LogP contribution is -2.60. The molecule has 8 atom stereocenters. The van der Waals surface area contributed by atoms with E-state index in [1.54, 1.807) is 12.1 Å². The van der Waals surface area contributed by atoms with Crippen molar-refractivity contribution in [3.05, 3.63) is 42.0 Å². The summed E-state index contributed by atoms with van der Waals surface area (Å²) in [5.74, 6) is 0.826. The number of rotatable bonds is 12. The van der Waals surface area contributed by atoms with Crippen LogP contribution in [0.2, 0.25) is 0 Å². The van der Waals surface area contributed by atoms with Gasteiger partial charge >= 0.3 is 5.97 Å². The van der Waals surface area contributed by atoms with Gasteiger partial charge in [0.1, 0.15) is 42.9 Å². The summed E-state index contributed by atoms with van der Waals surface area (Å²) in [5, 5.41) is 53.0. The van der Waals surface area contributed by atoms with Crippen molar-refractivity contribution < 1.29 is 73.0 Å². The van der Waals surface area contributed by atoms with Crippen LogP contribution >= 0.6 is 0 Å². The molecule has 0 unspecified atom stereocenters. The number of hydrogen-bond donors (Lipinski definition) is 5. The standard InChI is InChI=1S/C28H36O15/c1-35-15-6-8-17(19(10-15)38-4)42-26-23(31)22(30)21(29)20(43-26)11-39-27-24(32)28(34,13-41-27)12-40-25(33)14-5-7-16(36-2)18(9-14)37-3/h5-10,20-24,26-27,29-32,34H,11-13H2,1-4H3/t20-,21+,22-,23+,24-,26-,27+,28+/m0/s1. The summed E-state index contributed by atoms with van der Waals surface area (Å²) in [6.07, 6.45) is -10.7. The average molecular weight is 613 g/mol. The molecule has 2 aliphatic rings. The predicted octanol–water partition coefficient (Wildman–Crippen LogP) is -0.771. The Hall–Kier alpha value is -3.41. The number of ether oxygens (including phenoxy) is 9. The Morgan fingerprint density at radius 2 is 1.51 bits per heavy atom. The van der Waals surface area contributed by atoms with Gasteiger partial charge in [0, 0.05) is 6.07 Å². The lowest BCUT2D eigenvalue weighted by molar-refractivity contribution is -0.289. The molecule has 0 amide bonds. The molecule has 0 bridgehead atoms. The fourth-order valence-electron chi connectivity index (χ4n) is 4.50. The van der Waals surface area contributed by atoms with E-state index in [4.69, 9.17) is 42.6 Å². The van der Waals surface area contributed by atoms with E-state index in [1.807, 2.05) is 0 Å². The largest absolute Gasteiger partial charge is 0.497 e. The average Bonchev–Trinajstić information content (AvgIpc) is 3.31. The minimum atomic E-state index is -2.02. The molecule has 15 nitrogen and oxygen atoms in total. The Balaban J connectivity index is 1.34. The van der Waals surface area contributed by atoms with Crippen molar-refractivity contribution in [2.75, 3.05) is 48.3 Å². The molecule has 5 N–H and O–H groups in total. The summed E-state index contributed by atoms with van der Waals surface area (Å²) in [6, 6.07) is 9.01. The van der Waals surface area contributed by atoms with E-state index in [9.17, 15) is 30.3 Å². The SMILES string of the molecule is COc1ccc(O[C@H]2O[C@@H](CO[C@@H]3OC[C@](O)(COC(=O)c4ccc(OC)c(OC)c4)[C@H]3O)[C@@H](O)[C@H](O)[C@H]2O)c(OC)c1. The van der Waals surface area contributed by atoms with Crippen LogP contribution in [-0.4, -0.2) is 128 Å². The number of esters is 1. The molecule has 0 aromatic heterocycles. The van der Waals surface area contributed by atoms with Crippen LogP contribution in [0.25, 0.3) is 0 Å². The van der Waals surface area contributed by atoms with Gasteiger partial charge in [-0.2, -0.15) is 0 Å². The third-order valence-electron chi connectivity index (χ3n) is 7.09. The van der Waals surface area contributed by atoms with E-state index in [-0.39, 0.29) is 17.1 Å². The quantitative estimate of drug-likeness (QED) is 0.187. The van der Waals surface area contributed by atoms with Gasteiger partial charge in [-0.05, 0) is 30.3 Å². The molecule has 2 aromatic carbocycles. The van der Waals surface area contributed by atoms with Crippen LogP contribution in [0.1, 0.15) is 10.4 Å². The van der Waals surface area contributed by atoms with E-state index >= 15 is 0 Å². The van der Waals surface area contributed by atoms with Gasteiger partial charge in [-0.3, -0.25) is 0 Å². The normalized spacial score (nSPS) is 30.4. The number of methoxy groups -OCH3 is 4. The highest BCUT2D eigenvalue weighted by Crippen LogP contribution is 2.35. The highest BCUT2D eigenvalue weighted by Gasteiger charge is 2.51. The summed E-state index contributed by atoms with van der Waals surface area (Å²) in [7, 11) is 5.74. The Kier molecular flexibility index (Phi) is 10.5. The first-order valence-electron chi connectivity index (χ1n) is 13.2. The van der Waals surface area contributed by atoms with Crippen molar-refractivity contribution in [2.45, 2.75) is 48.7 Å². The second-order valence-corrected chi connectivity index (χ2v) is 9.86. The molecule has 2 saturated heterocycles. The molecule has 0 radical (unpaired) electrons. The number of carbonyl (C=O) groups excluding carboxylic acids is 1. The minimum Gasteiger partial charge on any atom is -0.497 e. The summed E-state index contributed by atoms with van der Waals surface area (Å²) in [6.45, 7) is -1.53. The molecule has 0 spiro atoms. The zero-order valence-electron chi connectivity index (χ0n) is 23.9. The van der Waals surface area contributed by atoms with Crippen LogP contribution in [0.5, 0.6) is 28.7 Å². The van der Waals surface area contributed by atoms with Crippen molar-refractivity contribution >= 4 is 5.97 Å². The summed E-state index contributed by atoms with van der Waals surface area (Å²) in [4.78, 5) is 12.6. The van der Waals surface area contributed by atoms with E-state index < -0.39 is 74.5 Å². The van der Waals surface area contributed by atoms with Crippen molar-refractivity contribution in [1.29, 1.82) is 0 Å². The van der Waals surface area contributed by atoms with Crippen LogP contribution in [0.3, 0.4) is 0 Å². The van der Waals surface area contributed by atoms with Crippen molar-refractivity contribution in [3.63, 3.8) is 0 Å². The van der Waals surface area contributed by atoms with Gasteiger partial charge in [-0.15, -0.1) is 0 Å². The van der Waals surface area contributed by atoms with Crippen molar-refractivity contribution in [2.24, 2.45) is 0 Å². The topological polar surface area (TPSA) is 201 Å². The van der Waals surface area contributed by atoms with Crippen LogP contribution in [0.15, 0.2) is 36.4 Å². The Morgan fingerprint density at radius 1 is 0.837 bits per heavy atom. The molecule has 43 heavy (non-hydrogen) atoms. The maximum atomic E-state index is 12.6. The van der Waals surface area contributed by atoms with Gasteiger partial charge in [0.25, 0.3) is 0 Å². The number of hydrogen-bond acceptors (Lipinski definition) is 15. The highest BCUT2D eigenvalue weighted by molar-refractivity contribution is 5.90. The van der Waals surface area contributed by atoms with E-state index in [0.29, 0.717) is 17.2 Å². The summed E-state index contributed by atoms with van der Waals surface area (Å²) >= 11 is 0. The summed E-state index contributed by atoms with van der Waals surface area (Å²) in [5.41, 5.74) is -1.90. The Labute approximate surface area is 246 Å². The summed E-state index contributed by atoms with van der Waals surface area (Å²) < 4.78 is 48.3. The van der Waals surface area contributed by atoms with E-state index in [0.717, 1.165) is 0 Å². The first kappa shape index (κ1) is 32.5. The molecule has 4 rings (SSSR count). The molecule has 2 heterocycles. The van der Waals surface area contributed by atoms with Crippen molar-refractivity contribution in [3.8, 4) is 28.7 Å². The molecule has 0 saturated carbocycles. The third-order valence-corrected chi connectivity index (χ3v) is 7.09. The fourth-order valence-corrected chi connectivity index (χ4v) is 4.50. The van der Waals surface area contributed by atoms with Crippen molar-refractivity contribution in [1.82, 2.24) is 0 Å². The number of benzene rings is 2. The number of carbonyl (C=O) groups is 1. The van der Waals surface area contributed by atoms with Gasteiger partial charge in [0.15, 0.2) is 34.9 Å². The van der Waals surface area contributed by atoms with Gasteiger partial charge in [-0.25, -0.2) is 4.79 Å². The molecule has 2 aliphatic heterocycles. The lowest BCUT2D eigenvalue weighted by Gasteiger charge is -2.40. The number of aliphatic hydroxyl groups is 5. The predicted molar refractivity (Wildman–Crippen MR) is 143 cm³/mol. The maximum Gasteiger partial charge on any atom is 0.338 e. The molecule has 2 fully saturated rings. The second-order valence-electron chi connectivity index (χ2n) is 9.86. The highest BCUT2D eigenvalue weighted by atomic mass is 16.7. The molecule has 2 aromatic rings. The lowest BCUT2D eigenvalue weighted by atomic mass is 9.99.